The molecule has 1 N–H and O–H groups in total. The molecule has 1 aliphatic carbocycles. The second-order valence-electron chi connectivity index (χ2n) is 4.81. The molecule has 0 aromatic heterocycles. The summed E-state index contributed by atoms with van der Waals surface area (Å²) in [4.78, 5) is 10.3. The molecule has 0 aliphatic heterocycles. The van der Waals surface area contributed by atoms with Gasteiger partial charge < -0.3 is 5.32 Å². The van der Waals surface area contributed by atoms with Crippen molar-refractivity contribution in [2.45, 2.75) is 32.1 Å². The zero-order valence-electron chi connectivity index (χ0n) is 10.2. The van der Waals surface area contributed by atoms with E-state index in [4.69, 9.17) is 0 Å². The van der Waals surface area contributed by atoms with Crippen molar-refractivity contribution in [3.05, 3.63) is 31.9 Å². The van der Waals surface area contributed by atoms with Crippen LogP contribution in [0.25, 0.3) is 0 Å². The molecule has 1 aliphatic rings. The van der Waals surface area contributed by atoms with E-state index in [1.165, 1.54) is 32.1 Å². The molecule has 0 unspecified atom stereocenters. The number of nitrogens with zero attached hydrogens (tertiary/aromatic N) is 1. The van der Waals surface area contributed by atoms with Gasteiger partial charge in [-0.3, -0.25) is 10.1 Å². The van der Waals surface area contributed by atoms with E-state index in [2.05, 4.69) is 27.9 Å². The van der Waals surface area contributed by atoms with Gasteiger partial charge >= 0.3 is 0 Å². The molecule has 2 rings (SSSR count). The van der Waals surface area contributed by atoms with Crippen LogP contribution in [0.5, 0.6) is 0 Å². The smallest absolute Gasteiger partial charge is 0.270 e. The first-order valence-electron chi connectivity index (χ1n) is 6.34. The molecule has 0 radical (unpaired) electrons. The molecule has 1 fully saturated rings. The summed E-state index contributed by atoms with van der Waals surface area (Å²) in [6.45, 7) is 0.980. The molecule has 18 heavy (non-hydrogen) atoms. The zero-order chi connectivity index (χ0) is 13.0. The van der Waals surface area contributed by atoms with E-state index < -0.39 is 0 Å². The van der Waals surface area contributed by atoms with Gasteiger partial charge in [0.1, 0.15) is 0 Å². The summed E-state index contributed by atoms with van der Waals surface area (Å²) in [5.41, 5.74) is 1.16. The number of hydrogen-bond acceptors (Lipinski definition) is 3. The Kier molecular flexibility index (Phi) is 4.79. The lowest BCUT2D eigenvalue weighted by molar-refractivity contribution is -0.384. The van der Waals surface area contributed by atoms with Gasteiger partial charge in [-0.15, -0.1) is 0 Å². The normalized spacial score (nSPS) is 16.5. The first-order chi connectivity index (χ1) is 8.66. The Morgan fingerprint density at radius 1 is 1.33 bits per heavy atom. The van der Waals surface area contributed by atoms with Crippen LogP contribution >= 0.6 is 22.6 Å². The van der Waals surface area contributed by atoms with Crippen LogP contribution < -0.4 is 5.32 Å². The molecule has 98 valence electrons. The average molecular weight is 360 g/mol. The Balaban J connectivity index is 1.94. The molecule has 0 heterocycles. The van der Waals surface area contributed by atoms with Gasteiger partial charge in [-0.2, -0.15) is 0 Å². The van der Waals surface area contributed by atoms with E-state index in [1.54, 1.807) is 12.1 Å². The number of halogens is 1. The molecule has 4 nitrogen and oxygen atoms in total. The largest absolute Gasteiger partial charge is 0.384 e. The number of nitro benzene ring substituents is 1. The summed E-state index contributed by atoms with van der Waals surface area (Å²) in [5.74, 6) is 0.754. The van der Waals surface area contributed by atoms with Gasteiger partial charge in [-0.25, -0.2) is 0 Å². The van der Waals surface area contributed by atoms with E-state index in [0.717, 1.165) is 21.7 Å². The number of rotatable bonds is 4. The number of benzene rings is 1. The summed E-state index contributed by atoms with van der Waals surface area (Å²) in [7, 11) is 0. The summed E-state index contributed by atoms with van der Waals surface area (Å²) in [6.07, 6.45) is 6.64. The Morgan fingerprint density at radius 2 is 2.06 bits per heavy atom. The lowest BCUT2D eigenvalue weighted by Crippen LogP contribution is -2.17. The predicted molar refractivity (Wildman–Crippen MR) is 80.9 cm³/mol. The SMILES string of the molecule is O=[N+]([O-])c1ccc(NCC2CCCCC2)c(I)c1. The van der Waals surface area contributed by atoms with E-state index >= 15 is 0 Å². The molecular weight excluding hydrogens is 343 g/mol. The van der Waals surface area contributed by atoms with Crippen LogP contribution in [0.2, 0.25) is 0 Å². The third-order valence-electron chi connectivity index (χ3n) is 3.47. The highest BCUT2D eigenvalue weighted by atomic mass is 127. The van der Waals surface area contributed by atoms with Gasteiger partial charge in [0.25, 0.3) is 5.69 Å². The summed E-state index contributed by atoms with van der Waals surface area (Å²) in [5, 5.41) is 14.1. The van der Waals surface area contributed by atoms with Crippen LogP contribution in [0.3, 0.4) is 0 Å². The van der Waals surface area contributed by atoms with E-state index in [1.807, 2.05) is 6.07 Å². The molecule has 0 saturated heterocycles. The third kappa shape index (κ3) is 3.57. The van der Waals surface area contributed by atoms with Gasteiger partial charge in [0.2, 0.25) is 0 Å². The maximum Gasteiger partial charge on any atom is 0.270 e. The first-order valence-corrected chi connectivity index (χ1v) is 7.42. The van der Waals surface area contributed by atoms with Crippen molar-refractivity contribution >= 4 is 34.0 Å². The second kappa shape index (κ2) is 6.36. The Bertz CT molecular complexity index is 431. The number of non-ortho nitro benzene ring substituents is 1. The van der Waals surface area contributed by atoms with Crippen molar-refractivity contribution in [2.75, 3.05) is 11.9 Å². The molecule has 5 heteroatoms. The van der Waals surface area contributed by atoms with Crippen molar-refractivity contribution in [3.63, 3.8) is 0 Å². The lowest BCUT2D eigenvalue weighted by Gasteiger charge is -2.22. The highest BCUT2D eigenvalue weighted by molar-refractivity contribution is 14.1. The van der Waals surface area contributed by atoms with Crippen LogP contribution in [-0.4, -0.2) is 11.5 Å². The molecular formula is C13H17IN2O2. The highest BCUT2D eigenvalue weighted by Gasteiger charge is 2.14. The van der Waals surface area contributed by atoms with Crippen molar-refractivity contribution in [3.8, 4) is 0 Å². The number of hydrogen-bond donors (Lipinski definition) is 1. The van der Waals surface area contributed by atoms with Crippen molar-refractivity contribution in [2.24, 2.45) is 5.92 Å². The van der Waals surface area contributed by atoms with Gasteiger partial charge in [-0.1, -0.05) is 19.3 Å². The molecule has 0 spiro atoms. The molecule has 0 bridgehead atoms. The minimum absolute atomic E-state index is 0.155. The average Bonchev–Trinajstić information content (AvgIpc) is 2.38. The van der Waals surface area contributed by atoms with E-state index in [9.17, 15) is 10.1 Å². The number of nitrogens with one attached hydrogen (secondary N) is 1. The molecule has 0 amide bonds. The Morgan fingerprint density at radius 3 is 2.67 bits per heavy atom. The first kappa shape index (κ1) is 13.6. The van der Waals surface area contributed by atoms with Crippen LogP contribution in [0.15, 0.2) is 18.2 Å². The predicted octanol–water partition coefficient (Wildman–Crippen LogP) is 4.19. The van der Waals surface area contributed by atoms with E-state index in [0.29, 0.717) is 0 Å². The van der Waals surface area contributed by atoms with Crippen LogP contribution in [0, 0.1) is 19.6 Å². The Hall–Kier alpha value is -0.850. The molecule has 0 atom stereocenters. The molecule has 1 saturated carbocycles. The second-order valence-corrected chi connectivity index (χ2v) is 5.97. The van der Waals surface area contributed by atoms with Crippen molar-refractivity contribution in [1.29, 1.82) is 0 Å². The number of nitro groups is 1. The summed E-state index contributed by atoms with van der Waals surface area (Å²) >= 11 is 2.15. The lowest BCUT2D eigenvalue weighted by atomic mass is 9.89. The standard InChI is InChI=1S/C13H17IN2O2/c14-12-8-11(16(17)18)6-7-13(12)15-9-10-4-2-1-3-5-10/h6-8,10,15H,1-5,9H2. The maximum atomic E-state index is 10.7. The Labute approximate surface area is 120 Å². The highest BCUT2D eigenvalue weighted by Crippen LogP contribution is 2.27. The summed E-state index contributed by atoms with van der Waals surface area (Å²) < 4.78 is 0.914. The van der Waals surface area contributed by atoms with E-state index in [-0.39, 0.29) is 10.6 Å². The van der Waals surface area contributed by atoms with Gasteiger partial charge in [0.05, 0.1) is 4.92 Å². The van der Waals surface area contributed by atoms with Crippen molar-refractivity contribution < 1.29 is 4.92 Å². The summed E-state index contributed by atoms with van der Waals surface area (Å²) in [6, 6.07) is 4.98. The molecule has 1 aromatic carbocycles. The van der Waals surface area contributed by atoms with Crippen LogP contribution in [-0.2, 0) is 0 Å². The maximum absolute atomic E-state index is 10.7. The minimum atomic E-state index is -0.354. The van der Waals surface area contributed by atoms with Gasteiger partial charge in [0.15, 0.2) is 0 Å². The topological polar surface area (TPSA) is 55.2 Å². The quantitative estimate of drug-likeness (QED) is 0.498. The third-order valence-corrected chi connectivity index (χ3v) is 4.36. The fourth-order valence-electron chi connectivity index (χ4n) is 2.41. The minimum Gasteiger partial charge on any atom is -0.384 e. The zero-order valence-corrected chi connectivity index (χ0v) is 12.4. The monoisotopic (exact) mass is 360 g/mol. The molecule has 1 aromatic rings. The van der Waals surface area contributed by atoms with Crippen molar-refractivity contribution in [1.82, 2.24) is 0 Å². The fraction of sp³-hybridized carbons (Fsp3) is 0.538. The van der Waals surface area contributed by atoms with Crippen LogP contribution in [0.4, 0.5) is 11.4 Å². The van der Waals surface area contributed by atoms with Crippen LogP contribution in [0.1, 0.15) is 32.1 Å². The van der Waals surface area contributed by atoms with Gasteiger partial charge in [0, 0.05) is 27.9 Å². The number of anilines is 1. The van der Waals surface area contributed by atoms with Gasteiger partial charge in [-0.05, 0) is 47.4 Å². The fourth-order valence-corrected chi connectivity index (χ4v) is 3.10.